The summed E-state index contributed by atoms with van der Waals surface area (Å²) in [6.45, 7) is 0. The van der Waals surface area contributed by atoms with Crippen molar-refractivity contribution in [2.75, 3.05) is 14.2 Å². The van der Waals surface area contributed by atoms with Gasteiger partial charge in [-0.3, -0.25) is 0 Å². The van der Waals surface area contributed by atoms with Gasteiger partial charge in [-0.05, 0) is 110 Å². The Kier molecular flexibility index (Phi) is 12.2. The van der Waals surface area contributed by atoms with Crippen LogP contribution in [0, 0.1) is 0 Å². The quantitative estimate of drug-likeness (QED) is 0.122. The van der Waals surface area contributed by atoms with E-state index in [0.717, 1.165) is 31.6 Å². The first kappa shape index (κ1) is 32.3. The number of hydrogen-bond donors (Lipinski definition) is 0. The SMILES string of the molecule is COc1ccc(CC[C@@H](C[C@H](CCc2ccc(OC)cc2)OC(=O)c2ccc(Br)cc2)OC(=O)c2ccc(Br)cc2)cc1. The number of hydrogen-bond acceptors (Lipinski definition) is 6. The highest BCUT2D eigenvalue weighted by Gasteiger charge is 2.25. The minimum absolute atomic E-state index is 0.358. The van der Waals surface area contributed by atoms with Crippen molar-refractivity contribution in [3.05, 3.63) is 128 Å². The average molecular weight is 710 g/mol. The van der Waals surface area contributed by atoms with Crippen molar-refractivity contribution >= 4 is 43.8 Å². The standard InChI is InChI=1S/C35H34Br2O6/c1-40-30-17-3-24(4-18-30)7-21-32(42-34(38)26-9-13-28(36)14-10-26)23-33(22-8-25-5-19-31(41-2)20-6-25)43-35(39)27-11-15-29(37)16-12-27/h3-6,9-20,32-33H,7-8,21-23H2,1-2H3/t32-,33-/m0/s1. The summed E-state index contributed by atoms with van der Waals surface area (Å²) in [6, 6.07) is 29.8. The van der Waals surface area contributed by atoms with Gasteiger partial charge in [0, 0.05) is 15.4 Å². The van der Waals surface area contributed by atoms with Crippen LogP contribution < -0.4 is 9.47 Å². The van der Waals surface area contributed by atoms with Crippen LogP contribution in [0.5, 0.6) is 11.5 Å². The lowest BCUT2D eigenvalue weighted by Gasteiger charge is -2.25. The fraction of sp³-hybridized carbons (Fsp3) is 0.257. The minimum atomic E-state index is -0.489. The second-order valence-electron chi connectivity index (χ2n) is 10.1. The van der Waals surface area contributed by atoms with Crippen LogP contribution in [-0.4, -0.2) is 38.4 Å². The van der Waals surface area contributed by atoms with Crippen LogP contribution >= 0.6 is 31.9 Å². The van der Waals surface area contributed by atoms with Gasteiger partial charge in [-0.15, -0.1) is 0 Å². The van der Waals surface area contributed by atoms with Crippen LogP contribution in [0.2, 0.25) is 0 Å². The number of halogens is 2. The van der Waals surface area contributed by atoms with Crippen molar-refractivity contribution in [2.24, 2.45) is 0 Å². The zero-order valence-corrected chi connectivity index (χ0v) is 27.3. The van der Waals surface area contributed by atoms with Gasteiger partial charge in [-0.25, -0.2) is 9.59 Å². The molecule has 6 nitrogen and oxygen atoms in total. The summed E-state index contributed by atoms with van der Waals surface area (Å²) in [7, 11) is 3.27. The van der Waals surface area contributed by atoms with E-state index in [1.165, 1.54) is 0 Å². The lowest BCUT2D eigenvalue weighted by atomic mass is 9.98. The van der Waals surface area contributed by atoms with Gasteiger partial charge in [0.05, 0.1) is 25.3 Å². The number of benzene rings is 4. The van der Waals surface area contributed by atoms with E-state index >= 15 is 0 Å². The Balaban J connectivity index is 1.53. The number of methoxy groups -OCH3 is 2. The Morgan fingerprint density at radius 3 is 1.23 bits per heavy atom. The molecule has 0 aliphatic rings. The molecule has 4 rings (SSSR count). The van der Waals surface area contributed by atoms with Crippen LogP contribution in [0.15, 0.2) is 106 Å². The van der Waals surface area contributed by atoms with Gasteiger partial charge in [-0.1, -0.05) is 56.1 Å². The summed E-state index contributed by atoms with van der Waals surface area (Å²) in [5, 5.41) is 0. The normalized spacial score (nSPS) is 12.2. The first-order chi connectivity index (χ1) is 20.8. The Labute approximate surface area is 269 Å². The van der Waals surface area contributed by atoms with E-state index < -0.39 is 24.1 Å². The highest BCUT2D eigenvalue weighted by molar-refractivity contribution is 9.10. The van der Waals surface area contributed by atoms with Gasteiger partial charge in [0.2, 0.25) is 0 Å². The molecule has 0 N–H and O–H groups in total. The predicted molar refractivity (Wildman–Crippen MR) is 174 cm³/mol. The highest BCUT2D eigenvalue weighted by atomic mass is 79.9. The maximum Gasteiger partial charge on any atom is 0.338 e. The van der Waals surface area contributed by atoms with E-state index in [2.05, 4.69) is 31.9 Å². The molecule has 0 saturated heterocycles. The van der Waals surface area contributed by atoms with Crippen molar-refractivity contribution in [3.63, 3.8) is 0 Å². The third kappa shape index (κ3) is 10.3. The van der Waals surface area contributed by atoms with Crippen molar-refractivity contribution in [3.8, 4) is 11.5 Å². The van der Waals surface area contributed by atoms with Crippen LogP contribution in [0.25, 0.3) is 0 Å². The predicted octanol–water partition coefficient (Wildman–Crippen LogP) is 8.64. The first-order valence-corrected chi connectivity index (χ1v) is 15.6. The lowest BCUT2D eigenvalue weighted by Crippen LogP contribution is -2.28. The lowest BCUT2D eigenvalue weighted by molar-refractivity contribution is -0.00378. The molecule has 2 atom stereocenters. The molecule has 0 aliphatic carbocycles. The topological polar surface area (TPSA) is 71.1 Å². The number of carbonyl (C=O) groups excluding carboxylic acids is 2. The van der Waals surface area contributed by atoms with Gasteiger partial charge < -0.3 is 18.9 Å². The number of esters is 2. The summed E-state index contributed by atoms with van der Waals surface area (Å²) in [5.41, 5.74) is 3.10. The number of carbonyl (C=O) groups is 2. The van der Waals surface area contributed by atoms with Gasteiger partial charge in [0.15, 0.2) is 0 Å². The van der Waals surface area contributed by atoms with E-state index in [-0.39, 0.29) is 0 Å². The first-order valence-electron chi connectivity index (χ1n) is 14.0. The summed E-state index contributed by atoms with van der Waals surface area (Å²) >= 11 is 6.82. The molecule has 0 amide bonds. The molecule has 0 fully saturated rings. The molecule has 8 heteroatoms. The number of ether oxygens (including phenoxy) is 4. The van der Waals surface area contributed by atoms with Gasteiger partial charge in [0.25, 0.3) is 0 Å². The highest BCUT2D eigenvalue weighted by Crippen LogP contribution is 2.23. The van der Waals surface area contributed by atoms with Crippen LogP contribution in [0.1, 0.15) is 51.1 Å². The van der Waals surface area contributed by atoms with Crippen molar-refractivity contribution in [1.82, 2.24) is 0 Å². The molecule has 4 aromatic carbocycles. The van der Waals surface area contributed by atoms with E-state index in [1.807, 2.05) is 48.5 Å². The molecule has 0 heterocycles. The third-order valence-electron chi connectivity index (χ3n) is 7.06. The van der Waals surface area contributed by atoms with Crippen molar-refractivity contribution in [2.45, 2.75) is 44.3 Å². The van der Waals surface area contributed by atoms with E-state index in [4.69, 9.17) is 18.9 Å². The van der Waals surface area contributed by atoms with Crippen LogP contribution in [0.3, 0.4) is 0 Å². The zero-order valence-electron chi connectivity index (χ0n) is 24.1. The maximum absolute atomic E-state index is 13.2. The molecular weight excluding hydrogens is 676 g/mol. The van der Waals surface area contributed by atoms with E-state index in [0.29, 0.717) is 43.2 Å². The van der Waals surface area contributed by atoms with Gasteiger partial charge in [-0.2, -0.15) is 0 Å². The monoisotopic (exact) mass is 708 g/mol. The fourth-order valence-electron chi connectivity index (χ4n) is 4.59. The summed E-state index contributed by atoms with van der Waals surface area (Å²) < 4.78 is 24.4. The summed E-state index contributed by atoms with van der Waals surface area (Å²) in [4.78, 5) is 26.4. The van der Waals surface area contributed by atoms with Crippen LogP contribution in [-0.2, 0) is 22.3 Å². The Hall–Kier alpha value is -3.62. The van der Waals surface area contributed by atoms with Crippen molar-refractivity contribution < 1.29 is 28.5 Å². The molecule has 0 aliphatic heterocycles. The zero-order chi connectivity index (χ0) is 30.6. The molecule has 0 radical (unpaired) electrons. The third-order valence-corrected chi connectivity index (χ3v) is 8.12. The fourth-order valence-corrected chi connectivity index (χ4v) is 5.12. The minimum Gasteiger partial charge on any atom is -0.497 e. The average Bonchev–Trinajstić information content (AvgIpc) is 3.03. The molecule has 0 spiro atoms. The second-order valence-corrected chi connectivity index (χ2v) is 11.9. The molecule has 0 saturated carbocycles. The molecular formula is C35H34Br2O6. The molecule has 0 unspecified atom stereocenters. The molecule has 0 aromatic heterocycles. The van der Waals surface area contributed by atoms with E-state index in [1.54, 1.807) is 62.8 Å². The van der Waals surface area contributed by atoms with Gasteiger partial charge >= 0.3 is 11.9 Å². The molecule has 43 heavy (non-hydrogen) atoms. The Bertz CT molecular complexity index is 1340. The smallest absolute Gasteiger partial charge is 0.338 e. The molecule has 4 aromatic rings. The Morgan fingerprint density at radius 1 is 0.558 bits per heavy atom. The van der Waals surface area contributed by atoms with Crippen LogP contribution in [0.4, 0.5) is 0 Å². The Morgan fingerprint density at radius 2 is 0.907 bits per heavy atom. The second kappa shape index (κ2) is 16.3. The molecule has 0 bridgehead atoms. The summed E-state index contributed by atoms with van der Waals surface area (Å²) in [5.74, 6) is 0.724. The largest absolute Gasteiger partial charge is 0.497 e. The molecule has 224 valence electrons. The van der Waals surface area contributed by atoms with Crippen molar-refractivity contribution in [1.29, 1.82) is 0 Å². The maximum atomic E-state index is 13.2. The number of aryl methyl sites for hydroxylation is 2. The van der Waals surface area contributed by atoms with E-state index in [9.17, 15) is 9.59 Å². The number of rotatable bonds is 14. The van der Waals surface area contributed by atoms with Gasteiger partial charge in [0.1, 0.15) is 23.7 Å². The summed E-state index contributed by atoms with van der Waals surface area (Å²) in [6.07, 6.45) is 1.85.